The molecule has 0 spiro atoms. The van der Waals surface area contributed by atoms with Crippen LogP contribution < -0.4 is 0 Å². The number of nitrogens with zero attached hydrogens (tertiary/aromatic N) is 1. The van der Waals surface area contributed by atoms with Gasteiger partial charge in [0.25, 0.3) is 0 Å². The Morgan fingerprint density at radius 1 is 1.00 bits per heavy atom. The first-order chi connectivity index (χ1) is 11.1. The molecule has 0 aromatic heterocycles. The third-order valence-corrected chi connectivity index (χ3v) is 4.75. The first-order valence-corrected chi connectivity index (χ1v) is 8.23. The largest absolute Gasteiger partial charge is 0.481 e. The highest BCUT2D eigenvalue weighted by Gasteiger charge is 2.29. The fraction of sp³-hybridized carbons (Fsp3) is 0.350. The Balaban J connectivity index is 1.87. The van der Waals surface area contributed by atoms with Crippen molar-refractivity contribution in [1.82, 2.24) is 4.90 Å². The molecule has 0 bridgehead atoms. The fourth-order valence-corrected chi connectivity index (χ4v) is 3.40. The number of piperidine rings is 1. The molecular weight excluding hydrogens is 286 g/mol. The zero-order chi connectivity index (χ0) is 16.2. The lowest BCUT2D eigenvalue weighted by Gasteiger charge is -2.37. The molecule has 120 valence electrons. The van der Waals surface area contributed by atoms with E-state index in [0.29, 0.717) is 0 Å². The van der Waals surface area contributed by atoms with E-state index in [9.17, 15) is 9.90 Å². The van der Waals surface area contributed by atoms with Crippen molar-refractivity contribution < 1.29 is 9.90 Å². The normalized spacial score (nSPS) is 17.8. The minimum Gasteiger partial charge on any atom is -0.481 e. The van der Waals surface area contributed by atoms with Crippen LogP contribution in [0.25, 0.3) is 0 Å². The SMILES string of the molecule is Cc1ccc(C(c2ccccc2)N2CCC(C(=O)O)CC2)cc1. The molecule has 2 aromatic rings. The second-order valence-corrected chi connectivity index (χ2v) is 6.37. The van der Waals surface area contributed by atoms with Gasteiger partial charge in [-0.25, -0.2) is 0 Å². The second-order valence-electron chi connectivity index (χ2n) is 6.37. The van der Waals surface area contributed by atoms with E-state index in [-0.39, 0.29) is 12.0 Å². The van der Waals surface area contributed by atoms with Crippen molar-refractivity contribution in [3.63, 3.8) is 0 Å². The molecule has 3 nitrogen and oxygen atoms in total. The molecule has 0 amide bonds. The highest BCUT2D eigenvalue weighted by Crippen LogP contribution is 2.32. The molecule has 1 N–H and O–H groups in total. The van der Waals surface area contributed by atoms with Gasteiger partial charge in [0.1, 0.15) is 0 Å². The molecule has 1 heterocycles. The smallest absolute Gasteiger partial charge is 0.306 e. The summed E-state index contributed by atoms with van der Waals surface area (Å²) in [6.07, 6.45) is 1.45. The van der Waals surface area contributed by atoms with Crippen LogP contribution in [0.5, 0.6) is 0 Å². The Hall–Kier alpha value is -2.13. The van der Waals surface area contributed by atoms with Crippen LogP contribution in [0, 0.1) is 12.8 Å². The quantitative estimate of drug-likeness (QED) is 0.931. The van der Waals surface area contributed by atoms with Gasteiger partial charge in [-0.05, 0) is 44.0 Å². The molecule has 3 heteroatoms. The van der Waals surface area contributed by atoms with Gasteiger partial charge in [0.15, 0.2) is 0 Å². The van der Waals surface area contributed by atoms with E-state index in [2.05, 4.69) is 60.4 Å². The van der Waals surface area contributed by atoms with Crippen molar-refractivity contribution in [3.8, 4) is 0 Å². The van der Waals surface area contributed by atoms with E-state index in [0.717, 1.165) is 25.9 Å². The minimum absolute atomic E-state index is 0.194. The van der Waals surface area contributed by atoms with E-state index in [1.165, 1.54) is 16.7 Å². The summed E-state index contributed by atoms with van der Waals surface area (Å²) in [6, 6.07) is 19.4. The summed E-state index contributed by atoms with van der Waals surface area (Å²) in [5, 5.41) is 9.21. The van der Waals surface area contributed by atoms with Crippen molar-refractivity contribution in [1.29, 1.82) is 0 Å². The summed E-state index contributed by atoms with van der Waals surface area (Å²) in [5.74, 6) is -0.850. The first-order valence-electron chi connectivity index (χ1n) is 8.23. The molecule has 1 unspecified atom stereocenters. The molecule has 1 aliphatic heterocycles. The maximum Gasteiger partial charge on any atom is 0.306 e. The van der Waals surface area contributed by atoms with Gasteiger partial charge >= 0.3 is 5.97 Å². The lowest BCUT2D eigenvalue weighted by atomic mass is 9.91. The Morgan fingerprint density at radius 2 is 1.57 bits per heavy atom. The summed E-state index contributed by atoms with van der Waals surface area (Å²) >= 11 is 0. The van der Waals surface area contributed by atoms with Gasteiger partial charge in [-0.3, -0.25) is 9.69 Å². The van der Waals surface area contributed by atoms with E-state index in [4.69, 9.17) is 0 Å². The number of aryl methyl sites for hydroxylation is 1. The van der Waals surface area contributed by atoms with Crippen LogP contribution in [0.2, 0.25) is 0 Å². The zero-order valence-corrected chi connectivity index (χ0v) is 13.5. The van der Waals surface area contributed by atoms with Crippen LogP contribution in [0.3, 0.4) is 0 Å². The van der Waals surface area contributed by atoms with Gasteiger partial charge in [0.05, 0.1) is 12.0 Å². The molecule has 0 saturated carbocycles. The lowest BCUT2D eigenvalue weighted by molar-refractivity contribution is -0.143. The van der Waals surface area contributed by atoms with Crippen LogP contribution in [-0.2, 0) is 4.79 Å². The van der Waals surface area contributed by atoms with Crippen LogP contribution in [0.4, 0.5) is 0 Å². The summed E-state index contributed by atoms with van der Waals surface area (Å²) in [4.78, 5) is 13.6. The maximum absolute atomic E-state index is 11.2. The minimum atomic E-state index is -0.656. The van der Waals surface area contributed by atoms with Gasteiger partial charge in [0, 0.05) is 0 Å². The summed E-state index contributed by atoms with van der Waals surface area (Å²) in [6.45, 7) is 3.74. The van der Waals surface area contributed by atoms with Gasteiger partial charge in [-0.15, -0.1) is 0 Å². The molecule has 2 aromatic carbocycles. The lowest BCUT2D eigenvalue weighted by Crippen LogP contribution is -2.39. The van der Waals surface area contributed by atoms with Crippen molar-refractivity contribution in [2.24, 2.45) is 5.92 Å². The second kappa shape index (κ2) is 6.97. The molecule has 1 atom stereocenters. The molecule has 1 aliphatic rings. The third-order valence-electron chi connectivity index (χ3n) is 4.75. The van der Waals surface area contributed by atoms with Crippen molar-refractivity contribution in [3.05, 3.63) is 71.3 Å². The van der Waals surface area contributed by atoms with E-state index in [1.807, 2.05) is 6.07 Å². The van der Waals surface area contributed by atoms with Gasteiger partial charge in [0.2, 0.25) is 0 Å². The highest BCUT2D eigenvalue weighted by molar-refractivity contribution is 5.70. The molecule has 1 saturated heterocycles. The number of carboxylic acid groups (broad SMARTS) is 1. The summed E-state index contributed by atoms with van der Waals surface area (Å²) < 4.78 is 0. The first kappa shape index (κ1) is 15.8. The van der Waals surface area contributed by atoms with Crippen LogP contribution >= 0.6 is 0 Å². The highest BCUT2D eigenvalue weighted by atomic mass is 16.4. The monoisotopic (exact) mass is 309 g/mol. The Morgan fingerprint density at radius 3 is 2.13 bits per heavy atom. The number of aliphatic carboxylic acids is 1. The van der Waals surface area contributed by atoms with Gasteiger partial charge in [-0.2, -0.15) is 0 Å². The Labute approximate surface area is 137 Å². The van der Waals surface area contributed by atoms with E-state index in [1.54, 1.807) is 0 Å². The average Bonchev–Trinajstić information content (AvgIpc) is 2.58. The number of benzene rings is 2. The predicted octanol–water partition coefficient (Wildman–Crippen LogP) is 3.88. The number of carbonyl (C=O) groups is 1. The molecular formula is C20H23NO2. The number of carboxylic acids is 1. The van der Waals surface area contributed by atoms with Crippen LogP contribution in [0.1, 0.15) is 35.6 Å². The fourth-order valence-electron chi connectivity index (χ4n) is 3.40. The molecule has 23 heavy (non-hydrogen) atoms. The van der Waals surface area contributed by atoms with Crippen LogP contribution in [-0.4, -0.2) is 29.1 Å². The average molecular weight is 309 g/mol. The van der Waals surface area contributed by atoms with Gasteiger partial charge < -0.3 is 5.11 Å². The van der Waals surface area contributed by atoms with Crippen molar-refractivity contribution in [2.75, 3.05) is 13.1 Å². The summed E-state index contributed by atoms with van der Waals surface area (Å²) in [7, 11) is 0. The van der Waals surface area contributed by atoms with Crippen molar-refractivity contribution in [2.45, 2.75) is 25.8 Å². The Bertz CT molecular complexity index is 643. The summed E-state index contributed by atoms with van der Waals surface area (Å²) in [5.41, 5.74) is 3.80. The van der Waals surface area contributed by atoms with E-state index >= 15 is 0 Å². The number of rotatable bonds is 4. The molecule has 0 aliphatic carbocycles. The molecule has 3 rings (SSSR count). The predicted molar refractivity (Wildman–Crippen MR) is 91.4 cm³/mol. The van der Waals surface area contributed by atoms with Crippen molar-refractivity contribution >= 4 is 5.97 Å². The molecule has 0 radical (unpaired) electrons. The zero-order valence-electron chi connectivity index (χ0n) is 13.5. The van der Waals surface area contributed by atoms with Gasteiger partial charge in [-0.1, -0.05) is 60.2 Å². The van der Waals surface area contributed by atoms with E-state index < -0.39 is 5.97 Å². The maximum atomic E-state index is 11.2. The number of hydrogen-bond donors (Lipinski definition) is 1. The number of likely N-dealkylation sites (tertiary alicyclic amines) is 1. The Kier molecular flexibility index (Phi) is 4.77. The standard InChI is InChI=1S/C20H23NO2/c1-15-7-9-17(10-8-15)19(16-5-3-2-4-6-16)21-13-11-18(12-14-21)20(22)23/h2-10,18-19H,11-14H2,1H3,(H,22,23). The molecule has 1 fully saturated rings. The third kappa shape index (κ3) is 3.62. The topological polar surface area (TPSA) is 40.5 Å². The number of hydrogen-bond acceptors (Lipinski definition) is 2. The van der Waals surface area contributed by atoms with Crippen LogP contribution in [0.15, 0.2) is 54.6 Å².